The van der Waals surface area contributed by atoms with Crippen LogP contribution < -0.4 is 10.2 Å². The van der Waals surface area contributed by atoms with Crippen LogP contribution in [0, 0.1) is 5.92 Å². The monoisotopic (exact) mass is 426 g/mol. The van der Waals surface area contributed by atoms with E-state index in [9.17, 15) is 14.7 Å². The number of aliphatic carboxylic acids is 1. The number of anilines is 1. The molecule has 158 valence electrons. The lowest BCUT2D eigenvalue weighted by atomic mass is 9.99. The van der Waals surface area contributed by atoms with E-state index in [4.69, 9.17) is 0 Å². The molecule has 7 nitrogen and oxygen atoms in total. The molecule has 2 aromatic heterocycles. The average molecular weight is 427 g/mol. The quantitative estimate of drug-likeness (QED) is 0.540. The first-order valence-corrected chi connectivity index (χ1v) is 10.8. The Labute approximate surface area is 179 Å². The molecule has 0 saturated heterocycles. The smallest absolute Gasteiger partial charge is 0.326 e. The number of hydrogen-bond donors (Lipinski definition) is 2. The Morgan fingerprint density at radius 2 is 1.97 bits per heavy atom. The minimum atomic E-state index is -1.00. The molecule has 30 heavy (non-hydrogen) atoms. The van der Waals surface area contributed by atoms with Gasteiger partial charge in [-0.25, -0.2) is 14.8 Å². The van der Waals surface area contributed by atoms with Crippen LogP contribution in [-0.2, 0) is 9.59 Å². The first kappa shape index (κ1) is 21.7. The zero-order chi connectivity index (χ0) is 21.7. The van der Waals surface area contributed by atoms with Gasteiger partial charge in [-0.05, 0) is 17.5 Å². The lowest BCUT2D eigenvalue weighted by Gasteiger charge is -2.22. The van der Waals surface area contributed by atoms with Gasteiger partial charge in [-0.3, -0.25) is 4.79 Å². The van der Waals surface area contributed by atoms with E-state index >= 15 is 0 Å². The summed E-state index contributed by atoms with van der Waals surface area (Å²) in [6.45, 7) is 4.15. The number of carbonyl (C=O) groups excluding carboxylic acids is 1. The fourth-order valence-corrected chi connectivity index (χ4v) is 4.19. The van der Waals surface area contributed by atoms with Gasteiger partial charge >= 0.3 is 5.97 Å². The van der Waals surface area contributed by atoms with Crippen molar-refractivity contribution in [1.29, 1.82) is 0 Å². The molecule has 1 aromatic carbocycles. The third kappa shape index (κ3) is 4.94. The van der Waals surface area contributed by atoms with Crippen molar-refractivity contribution >= 4 is 39.2 Å². The molecule has 0 aliphatic carbocycles. The molecule has 0 saturated carbocycles. The summed E-state index contributed by atoms with van der Waals surface area (Å²) >= 11 is 1.60. The summed E-state index contributed by atoms with van der Waals surface area (Å²) in [4.78, 5) is 36.5. The molecule has 0 spiro atoms. The number of thiophene rings is 1. The van der Waals surface area contributed by atoms with Crippen LogP contribution in [0.25, 0.3) is 20.7 Å². The summed E-state index contributed by atoms with van der Waals surface area (Å²) in [5.41, 5.74) is 1.12. The van der Waals surface area contributed by atoms with E-state index in [1.165, 1.54) is 6.33 Å². The molecule has 3 aromatic rings. The number of benzene rings is 1. The second-order valence-corrected chi connectivity index (χ2v) is 8.36. The summed E-state index contributed by atoms with van der Waals surface area (Å²) in [6.07, 6.45) is 2.39. The molecule has 1 amide bonds. The van der Waals surface area contributed by atoms with Gasteiger partial charge < -0.3 is 15.3 Å². The SMILES string of the molecule is CCC(C)C(NC(=O)CCN(C)c1ncnc2sc(-c3ccccc3)cc12)C(=O)O. The van der Waals surface area contributed by atoms with Crippen molar-refractivity contribution in [2.24, 2.45) is 5.92 Å². The summed E-state index contributed by atoms with van der Waals surface area (Å²) in [7, 11) is 1.87. The van der Waals surface area contributed by atoms with E-state index in [2.05, 4.69) is 33.5 Å². The number of nitrogens with one attached hydrogen (secondary N) is 1. The van der Waals surface area contributed by atoms with Crippen molar-refractivity contribution in [2.75, 3.05) is 18.5 Å². The molecule has 0 bridgehead atoms. The lowest BCUT2D eigenvalue weighted by molar-refractivity contribution is -0.143. The van der Waals surface area contributed by atoms with Crippen molar-refractivity contribution in [2.45, 2.75) is 32.7 Å². The number of nitrogens with zero attached hydrogens (tertiary/aromatic N) is 3. The molecule has 0 fully saturated rings. The third-order valence-electron chi connectivity index (χ3n) is 5.20. The van der Waals surface area contributed by atoms with Crippen LogP contribution >= 0.6 is 11.3 Å². The molecule has 0 aliphatic heterocycles. The molecule has 2 N–H and O–H groups in total. The molecule has 8 heteroatoms. The normalized spacial score (nSPS) is 13.0. The molecule has 2 atom stereocenters. The number of amides is 1. The van der Waals surface area contributed by atoms with E-state index in [0.717, 1.165) is 26.5 Å². The van der Waals surface area contributed by atoms with Crippen molar-refractivity contribution in [3.63, 3.8) is 0 Å². The highest BCUT2D eigenvalue weighted by Gasteiger charge is 2.25. The van der Waals surface area contributed by atoms with Crippen LogP contribution in [-0.4, -0.2) is 46.6 Å². The fourth-order valence-electron chi connectivity index (χ4n) is 3.20. The number of hydrogen-bond acceptors (Lipinski definition) is 6. The standard InChI is InChI=1S/C22H26N4O3S/c1-4-14(2)19(22(28)29)25-18(27)10-11-26(3)20-16-12-17(15-8-6-5-7-9-15)30-21(16)24-13-23-20/h5-9,12-14,19H,4,10-11H2,1-3H3,(H,25,27)(H,28,29). The summed E-state index contributed by atoms with van der Waals surface area (Å²) in [5, 5.41) is 12.9. The van der Waals surface area contributed by atoms with Crippen LogP contribution in [0.4, 0.5) is 5.82 Å². The number of rotatable bonds is 9. The van der Waals surface area contributed by atoms with Crippen molar-refractivity contribution in [3.05, 3.63) is 42.7 Å². The van der Waals surface area contributed by atoms with Crippen LogP contribution in [0.1, 0.15) is 26.7 Å². The highest BCUT2D eigenvalue weighted by molar-refractivity contribution is 7.21. The number of carbonyl (C=O) groups is 2. The van der Waals surface area contributed by atoms with Crippen molar-refractivity contribution in [1.82, 2.24) is 15.3 Å². The maximum atomic E-state index is 12.3. The zero-order valence-electron chi connectivity index (χ0n) is 17.3. The average Bonchev–Trinajstić information content (AvgIpc) is 3.20. The second-order valence-electron chi connectivity index (χ2n) is 7.33. The lowest BCUT2D eigenvalue weighted by Crippen LogP contribution is -2.45. The van der Waals surface area contributed by atoms with Gasteiger partial charge in [0.1, 0.15) is 23.0 Å². The van der Waals surface area contributed by atoms with Crippen LogP contribution in [0.5, 0.6) is 0 Å². The van der Waals surface area contributed by atoms with Gasteiger partial charge in [0.2, 0.25) is 5.91 Å². The Morgan fingerprint density at radius 1 is 1.23 bits per heavy atom. The summed E-state index contributed by atoms with van der Waals surface area (Å²) in [5.74, 6) is -0.666. The van der Waals surface area contributed by atoms with Gasteiger partial charge in [0, 0.05) is 24.9 Å². The van der Waals surface area contributed by atoms with E-state index < -0.39 is 12.0 Å². The molecule has 2 unspecified atom stereocenters. The fraction of sp³-hybridized carbons (Fsp3) is 0.364. The molecule has 0 aliphatic rings. The van der Waals surface area contributed by atoms with Crippen LogP contribution in [0.2, 0.25) is 0 Å². The number of carboxylic acid groups (broad SMARTS) is 1. The Bertz CT molecular complexity index is 1020. The Kier molecular flexibility index (Phi) is 6.99. The minimum Gasteiger partial charge on any atom is -0.480 e. The van der Waals surface area contributed by atoms with Gasteiger partial charge in [-0.15, -0.1) is 11.3 Å². The van der Waals surface area contributed by atoms with Gasteiger partial charge in [-0.1, -0.05) is 50.6 Å². The minimum absolute atomic E-state index is 0.132. The second kappa shape index (κ2) is 9.67. The van der Waals surface area contributed by atoms with Gasteiger partial charge in [0.15, 0.2) is 0 Å². The topological polar surface area (TPSA) is 95.4 Å². The maximum Gasteiger partial charge on any atom is 0.326 e. The Balaban J connectivity index is 1.71. The Hall–Kier alpha value is -3.00. The van der Waals surface area contributed by atoms with Crippen molar-refractivity contribution < 1.29 is 14.7 Å². The summed E-state index contributed by atoms with van der Waals surface area (Å²) < 4.78 is 0. The predicted octanol–water partition coefficient (Wildman–Crippen LogP) is 3.80. The molecular formula is C22H26N4O3S. The van der Waals surface area contributed by atoms with Gasteiger partial charge in [-0.2, -0.15) is 0 Å². The Morgan fingerprint density at radius 3 is 2.63 bits per heavy atom. The van der Waals surface area contributed by atoms with E-state index in [-0.39, 0.29) is 18.2 Å². The zero-order valence-corrected chi connectivity index (χ0v) is 18.1. The number of aromatic nitrogens is 2. The molecule has 3 rings (SSSR count). The largest absolute Gasteiger partial charge is 0.480 e. The molecule has 0 radical (unpaired) electrons. The van der Waals surface area contributed by atoms with Gasteiger partial charge in [0.25, 0.3) is 0 Å². The highest BCUT2D eigenvalue weighted by Crippen LogP contribution is 2.35. The first-order chi connectivity index (χ1) is 14.4. The highest BCUT2D eigenvalue weighted by atomic mass is 32.1. The molecular weight excluding hydrogens is 400 g/mol. The third-order valence-corrected chi connectivity index (χ3v) is 6.29. The number of fused-ring (bicyclic) bond motifs is 1. The van der Waals surface area contributed by atoms with E-state index in [1.54, 1.807) is 11.3 Å². The van der Waals surface area contributed by atoms with E-state index in [0.29, 0.717) is 13.0 Å². The molecule has 2 heterocycles. The summed E-state index contributed by atoms with van der Waals surface area (Å²) in [6, 6.07) is 11.3. The first-order valence-electron chi connectivity index (χ1n) is 9.94. The van der Waals surface area contributed by atoms with Crippen LogP contribution in [0.15, 0.2) is 42.7 Å². The van der Waals surface area contributed by atoms with Crippen LogP contribution in [0.3, 0.4) is 0 Å². The van der Waals surface area contributed by atoms with E-state index in [1.807, 2.05) is 44.0 Å². The van der Waals surface area contributed by atoms with Crippen molar-refractivity contribution in [3.8, 4) is 10.4 Å². The predicted molar refractivity (Wildman–Crippen MR) is 120 cm³/mol. The maximum absolute atomic E-state index is 12.3. The number of carboxylic acids is 1. The van der Waals surface area contributed by atoms with Gasteiger partial charge in [0.05, 0.1) is 5.39 Å².